The molecule has 0 spiro atoms. The maximum absolute atomic E-state index is 2.46. The molecule has 0 aliphatic rings. The van der Waals surface area contributed by atoms with Crippen LogP contribution in [-0.2, 0) is 0 Å². The minimum absolute atomic E-state index is 1.14. The molecule has 0 aliphatic carbocycles. The van der Waals surface area contributed by atoms with Gasteiger partial charge in [0.05, 0.1) is 16.7 Å². The number of hydrogen-bond acceptors (Lipinski definition) is 1. The Hall–Kier alpha value is -5.60. The summed E-state index contributed by atoms with van der Waals surface area (Å²) < 4.78 is 2.46. The van der Waals surface area contributed by atoms with Crippen molar-refractivity contribution in [2.45, 2.75) is 6.92 Å². The predicted octanol–water partition coefficient (Wildman–Crippen LogP) is 11.5. The van der Waals surface area contributed by atoms with Crippen LogP contribution in [0.5, 0.6) is 0 Å². The van der Waals surface area contributed by atoms with E-state index in [4.69, 9.17) is 0 Å². The van der Waals surface area contributed by atoms with Gasteiger partial charge < -0.3 is 9.47 Å². The van der Waals surface area contributed by atoms with Gasteiger partial charge in [-0.15, -0.1) is 0 Å². The molecular weight excluding hydrogens is 520 g/mol. The standard InChI is InChI=1S/C41H28N2/c1-27-17-23-38-35(25-27)36-26-29-19-18-28-20-24-37(42(30-11-5-2-6-12-30)31-13-7-3-8-14-31)33-21-22-34(40(29)39(28)33)41(36)43(38)32-15-9-4-10-16-32/h2-26H,1H3. The topological polar surface area (TPSA) is 8.17 Å². The zero-order valence-corrected chi connectivity index (χ0v) is 23.8. The number of aryl methyl sites for hydroxylation is 1. The van der Waals surface area contributed by atoms with Crippen LogP contribution in [-0.4, -0.2) is 4.57 Å². The third-order valence-electron chi connectivity index (χ3n) is 8.92. The van der Waals surface area contributed by atoms with Crippen molar-refractivity contribution in [3.8, 4) is 5.69 Å². The van der Waals surface area contributed by atoms with Crippen LogP contribution in [0.25, 0.3) is 59.8 Å². The molecule has 8 aromatic carbocycles. The number of aromatic nitrogens is 1. The molecule has 1 heterocycles. The average molecular weight is 549 g/mol. The molecule has 0 atom stereocenters. The monoisotopic (exact) mass is 548 g/mol. The minimum atomic E-state index is 1.14. The Morgan fingerprint density at radius 1 is 0.465 bits per heavy atom. The van der Waals surface area contributed by atoms with Crippen molar-refractivity contribution in [3.05, 3.63) is 157 Å². The lowest BCUT2D eigenvalue weighted by molar-refractivity contribution is 1.19. The van der Waals surface area contributed by atoms with Crippen LogP contribution in [0.3, 0.4) is 0 Å². The van der Waals surface area contributed by atoms with Gasteiger partial charge in [0.25, 0.3) is 0 Å². The van der Waals surface area contributed by atoms with Crippen molar-refractivity contribution < 1.29 is 0 Å². The molecule has 0 fully saturated rings. The first-order chi connectivity index (χ1) is 21.3. The molecular formula is C41H28N2. The lowest BCUT2D eigenvalue weighted by Gasteiger charge is -2.27. The lowest BCUT2D eigenvalue weighted by Crippen LogP contribution is -2.10. The van der Waals surface area contributed by atoms with Gasteiger partial charge in [-0.2, -0.15) is 0 Å². The molecule has 0 N–H and O–H groups in total. The van der Waals surface area contributed by atoms with Gasteiger partial charge in [0.2, 0.25) is 0 Å². The smallest absolute Gasteiger partial charge is 0.0620 e. The summed E-state index contributed by atoms with van der Waals surface area (Å²) in [5.41, 5.74) is 8.43. The van der Waals surface area contributed by atoms with Crippen molar-refractivity contribution in [2.24, 2.45) is 0 Å². The van der Waals surface area contributed by atoms with Crippen LogP contribution in [0.15, 0.2) is 152 Å². The second-order valence-electron chi connectivity index (χ2n) is 11.5. The van der Waals surface area contributed by atoms with E-state index in [0.717, 1.165) is 11.4 Å². The zero-order valence-electron chi connectivity index (χ0n) is 23.8. The zero-order chi connectivity index (χ0) is 28.5. The fourth-order valence-electron chi connectivity index (χ4n) is 7.09. The third-order valence-corrected chi connectivity index (χ3v) is 8.92. The van der Waals surface area contributed by atoms with E-state index >= 15 is 0 Å². The summed E-state index contributed by atoms with van der Waals surface area (Å²) in [5, 5.41) is 10.3. The highest BCUT2D eigenvalue weighted by molar-refractivity contribution is 6.33. The minimum Gasteiger partial charge on any atom is -0.310 e. The summed E-state index contributed by atoms with van der Waals surface area (Å²) in [6, 6.07) is 55.3. The Morgan fingerprint density at radius 3 is 1.79 bits per heavy atom. The Kier molecular flexibility index (Phi) is 5.15. The van der Waals surface area contributed by atoms with Crippen molar-refractivity contribution in [1.82, 2.24) is 4.57 Å². The molecule has 0 aliphatic heterocycles. The molecule has 2 heteroatoms. The van der Waals surface area contributed by atoms with E-state index in [2.05, 4.69) is 168 Å². The van der Waals surface area contributed by atoms with Crippen LogP contribution in [0.1, 0.15) is 5.56 Å². The van der Waals surface area contributed by atoms with E-state index in [1.165, 1.54) is 71.1 Å². The first-order valence-electron chi connectivity index (χ1n) is 14.9. The summed E-state index contributed by atoms with van der Waals surface area (Å²) in [7, 11) is 0. The van der Waals surface area contributed by atoms with E-state index in [-0.39, 0.29) is 0 Å². The van der Waals surface area contributed by atoms with Crippen molar-refractivity contribution in [1.29, 1.82) is 0 Å². The average Bonchev–Trinajstić information content (AvgIpc) is 3.39. The van der Waals surface area contributed by atoms with E-state index in [9.17, 15) is 0 Å². The van der Waals surface area contributed by atoms with Gasteiger partial charge in [-0.3, -0.25) is 0 Å². The molecule has 0 radical (unpaired) electrons. The van der Waals surface area contributed by atoms with Gasteiger partial charge in [0.15, 0.2) is 0 Å². The highest BCUT2D eigenvalue weighted by atomic mass is 15.1. The SMILES string of the molecule is Cc1ccc2c(c1)c1cc3ccc4ccc(N(c5ccccc5)c5ccccc5)c5ccc(c3c45)c1n2-c1ccccc1. The quantitative estimate of drug-likeness (QED) is 0.199. The summed E-state index contributed by atoms with van der Waals surface area (Å²) in [6.07, 6.45) is 0. The molecule has 202 valence electrons. The molecule has 0 bridgehead atoms. The molecule has 43 heavy (non-hydrogen) atoms. The van der Waals surface area contributed by atoms with Crippen LogP contribution < -0.4 is 4.90 Å². The normalized spacial score (nSPS) is 11.8. The third kappa shape index (κ3) is 3.53. The van der Waals surface area contributed by atoms with Gasteiger partial charge in [-0.1, -0.05) is 96.6 Å². The summed E-state index contributed by atoms with van der Waals surface area (Å²) >= 11 is 0. The fraction of sp³-hybridized carbons (Fsp3) is 0.0244. The second kappa shape index (κ2) is 9.20. The Balaban J connectivity index is 1.43. The van der Waals surface area contributed by atoms with Crippen LogP contribution >= 0.6 is 0 Å². The summed E-state index contributed by atoms with van der Waals surface area (Å²) in [5.74, 6) is 0. The number of fused-ring (bicyclic) bond motifs is 4. The molecule has 0 saturated carbocycles. The van der Waals surface area contributed by atoms with Gasteiger partial charge in [-0.05, 0) is 89.1 Å². The number of anilines is 3. The molecule has 0 saturated heterocycles. The maximum atomic E-state index is 2.46. The van der Waals surface area contributed by atoms with E-state index < -0.39 is 0 Å². The van der Waals surface area contributed by atoms with Gasteiger partial charge in [0, 0.05) is 38.6 Å². The molecule has 0 unspecified atom stereocenters. The number of rotatable bonds is 4. The first-order valence-corrected chi connectivity index (χ1v) is 14.9. The van der Waals surface area contributed by atoms with Crippen molar-refractivity contribution in [2.75, 3.05) is 4.90 Å². The highest BCUT2D eigenvalue weighted by Gasteiger charge is 2.21. The fourth-order valence-corrected chi connectivity index (χ4v) is 7.09. The number of hydrogen-bond donors (Lipinski definition) is 0. The molecule has 9 rings (SSSR count). The lowest BCUT2D eigenvalue weighted by atomic mass is 9.91. The Bertz CT molecular complexity index is 2400. The van der Waals surface area contributed by atoms with Crippen LogP contribution in [0.4, 0.5) is 17.1 Å². The number of para-hydroxylation sites is 3. The van der Waals surface area contributed by atoms with Crippen LogP contribution in [0, 0.1) is 6.92 Å². The Labute approximate surface area is 250 Å². The maximum Gasteiger partial charge on any atom is 0.0620 e. The number of nitrogens with zero attached hydrogens (tertiary/aromatic N) is 2. The molecule has 2 nitrogen and oxygen atoms in total. The first kappa shape index (κ1) is 24.0. The molecule has 0 amide bonds. The summed E-state index contributed by atoms with van der Waals surface area (Å²) in [4.78, 5) is 2.38. The van der Waals surface area contributed by atoms with E-state index in [0.29, 0.717) is 0 Å². The predicted molar refractivity (Wildman–Crippen MR) is 184 cm³/mol. The largest absolute Gasteiger partial charge is 0.310 e. The molecule has 1 aromatic heterocycles. The van der Waals surface area contributed by atoms with Crippen molar-refractivity contribution in [3.63, 3.8) is 0 Å². The Morgan fingerprint density at radius 2 is 1.07 bits per heavy atom. The number of benzene rings is 8. The van der Waals surface area contributed by atoms with E-state index in [1.54, 1.807) is 0 Å². The van der Waals surface area contributed by atoms with Gasteiger partial charge in [-0.25, -0.2) is 0 Å². The van der Waals surface area contributed by atoms with Gasteiger partial charge >= 0.3 is 0 Å². The van der Waals surface area contributed by atoms with E-state index in [1.807, 2.05) is 0 Å². The van der Waals surface area contributed by atoms with Crippen LogP contribution in [0.2, 0.25) is 0 Å². The second-order valence-corrected chi connectivity index (χ2v) is 11.5. The highest BCUT2D eigenvalue weighted by Crippen LogP contribution is 2.47. The van der Waals surface area contributed by atoms with Gasteiger partial charge in [0.1, 0.15) is 0 Å². The van der Waals surface area contributed by atoms with Crippen molar-refractivity contribution >= 4 is 71.2 Å². The molecule has 9 aromatic rings. The summed E-state index contributed by atoms with van der Waals surface area (Å²) in [6.45, 7) is 2.18.